The van der Waals surface area contributed by atoms with Gasteiger partial charge in [0.15, 0.2) is 0 Å². The van der Waals surface area contributed by atoms with E-state index in [1.165, 1.54) is 37.8 Å². The van der Waals surface area contributed by atoms with Crippen molar-refractivity contribution in [3.05, 3.63) is 34.9 Å². The van der Waals surface area contributed by atoms with Gasteiger partial charge in [-0.25, -0.2) is 0 Å². The molecule has 1 aromatic rings. The normalized spacial score (nSPS) is 22.4. The van der Waals surface area contributed by atoms with Gasteiger partial charge in [-0.05, 0) is 57.5 Å². The Labute approximate surface area is 122 Å². The lowest BCUT2D eigenvalue weighted by Crippen LogP contribution is -2.42. The van der Waals surface area contributed by atoms with Crippen molar-refractivity contribution in [2.24, 2.45) is 0 Å². The Balaban J connectivity index is 1.97. The van der Waals surface area contributed by atoms with Crippen LogP contribution in [0.25, 0.3) is 0 Å². The molecular formula is C16H25ClN2. The van der Waals surface area contributed by atoms with E-state index in [4.69, 9.17) is 11.6 Å². The number of nitrogens with zero attached hydrogens (tertiary/aromatic N) is 1. The van der Waals surface area contributed by atoms with Crippen LogP contribution in [0.5, 0.6) is 0 Å². The van der Waals surface area contributed by atoms with E-state index in [2.05, 4.69) is 36.3 Å². The summed E-state index contributed by atoms with van der Waals surface area (Å²) >= 11 is 5.95. The monoisotopic (exact) mass is 280 g/mol. The molecule has 0 aliphatic carbocycles. The molecule has 1 fully saturated rings. The van der Waals surface area contributed by atoms with Crippen LogP contribution in [0.4, 0.5) is 0 Å². The number of hydrogen-bond donors (Lipinski definition) is 1. The molecule has 0 bridgehead atoms. The van der Waals surface area contributed by atoms with Crippen LogP contribution in [0.2, 0.25) is 5.02 Å². The molecule has 0 saturated carbocycles. The summed E-state index contributed by atoms with van der Waals surface area (Å²) < 4.78 is 0. The van der Waals surface area contributed by atoms with Crippen molar-refractivity contribution in [2.75, 3.05) is 13.6 Å². The first-order chi connectivity index (χ1) is 9.19. The van der Waals surface area contributed by atoms with Crippen molar-refractivity contribution in [1.29, 1.82) is 0 Å². The number of rotatable bonds is 5. The number of piperidine rings is 1. The zero-order valence-corrected chi connectivity index (χ0v) is 12.8. The number of likely N-dealkylation sites (tertiary alicyclic amines) is 1. The van der Waals surface area contributed by atoms with Gasteiger partial charge in [-0.1, -0.05) is 30.2 Å². The van der Waals surface area contributed by atoms with E-state index >= 15 is 0 Å². The summed E-state index contributed by atoms with van der Waals surface area (Å²) in [6.45, 7) is 4.55. The molecule has 2 unspecified atom stereocenters. The van der Waals surface area contributed by atoms with Crippen molar-refractivity contribution < 1.29 is 0 Å². The Bertz CT molecular complexity index is 377. The lowest BCUT2D eigenvalue weighted by atomic mass is 9.96. The van der Waals surface area contributed by atoms with Gasteiger partial charge in [0.05, 0.1) is 0 Å². The topological polar surface area (TPSA) is 15.3 Å². The smallest absolute Gasteiger partial charge is 0.0406 e. The fourth-order valence-electron chi connectivity index (χ4n) is 2.89. The molecule has 1 aliphatic heterocycles. The SMILES string of the molecule is CNC(C)CC1CCCCN1Cc1ccc(Cl)cc1. The van der Waals surface area contributed by atoms with Gasteiger partial charge in [0.1, 0.15) is 0 Å². The average Bonchev–Trinajstić information content (AvgIpc) is 2.43. The van der Waals surface area contributed by atoms with E-state index < -0.39 is 0 Å². The summed E-state index contributed by atoms with van der Waals surface area (Å²) in [5.41, 5.74) is 1.37. The van der Waals surface area contributed by atoms with E-state index in [9.17, 15) is 0 Å². The maximum Gasteiger partial charge on any atom is 0.0406 e. The third kappa shape index (κ3) is 4.48. The maximum absolute atomic E-state index is 5.95. The Hall–Kier alpha value is -0.570. The first-order valence-electron chi connectivity index (χ1n) is 7.35. The van der Waals surface area contributed by atoms with Crippen LogP contribution < -0.4 is 5.32 Å². The molecule has 2 atom stereocenters. The van der Waals surface area contributed by atoms with Gasteiger partial charge in [0.2, 0.25) is 0 Å². The highest BCUT2D eigenvalue weighted by Crippen LogP contribution is 2.23. The highest BCUT2D eigenvalue weighted by Gasteiger charge is 2.23. The fourth-order valence-corrected chi connectivity index (χ4v) is 3.01. The van der Waals surface area contributed by atoms with E-state index in [0.717, 1.165) is 11.6 Å². The molecule has 0 amide bonds. The highest BCUT2D eigenvalue weighted by molar-refractivity contribution is 6.30. The Morgan fingerprint density at radius 1 is 1.32 bits per heavy atom. The van der Waals surface area contributed by atoms with Crippen molar-refractivity contribution >= 4 is 11.6 Å². The number of benzene rings is 1. The van der Waals surface area contributed by atoms with Crippen LogP contribution in [0.3, 0.4) is 0 Å². The Kier molecular flexibility index (Phi) is 5.68. The molecular weight excluding hydrogens is 256 g/mol. The molecule has 1 aliphatic rings. The second-order valence-corrected chi connectivity index (χ2v) is 6.11. The second-order valence-electron chi connectivity index (χ2n) is 5.67. The molecule has 2 nitrogen and oxygen atoms in total. The van der Waals surface area contributed by atoms with Gasteiger partial charge < -0.3 is 5.32 Å². The van der Waals surface area contributed by atoms with Crippen molar-refractivity contribution in [3.63, 3.8) is 0 Å². The average molecular weight is 281 g/mol. The van der Waals surface area contributed by atoms with Gasteiger partial charge in [-0.2, -0.15) is 0 Å². The summed E-state index contributed by atoms with van der Waals surface area (Å²) in [6.07, 6.45) is 5.28. The molecule has 1 N–H and O–H groups in total. The van der Waals surface area contributed by atoms with Crippen LogP contribution >= 0.6 is 11.6 Å². The predicted molar refractivity (Wildman–Crippen MR) is 82.6 cm³/mol. The lowest BCUT2D eigenvalue weighted by Gasteiger charge is -2.37. The van der Waals surface area contributed by atoms with Gasteiger partial charge in [-0.15, -0.1) is 0 Å². The number of nitrogens with one attached hydrogen (secondary N) is 1. The summed E-state index contributed by atoms with van der Waals surface area (Å²) in [4.78, 5) is 2.64. The van der Waals surface area contributed by atoms with Gasteiger partial charge in [-0.3, -0.25) is 4.90 Å². The van der Waals surface area contributed by atoms with Gasteiger partial charge in [0.25, 0.3) is 0 Å². The van der Waals surface area contributed by atoms with E-state index in [1.54, 1.807) is 0 Å². The van der Waals surface area contributed by atoms with Gasteiger partial charge in [0, 0.05) is 23.7 Å². The second kappa shape index (κ2) is 7.28. The van der Waals surface area contributed by atoms with E-state index in [-0.39, 0.29) is 0 Å². The minimum absolute atomic E-state index is 0.593. The Morgan fingerprint density at radius 3 is 2.74 bits per heavy atom. The van der Waals surface area contributed by atoms with Crippen LogP contribution in [0.15, 0.2) is 24.3 Å². The lowest BCUT2D eigenvalue weighted by molar-refractivity contribution is 0.125. The maximum atomic E-state index is 5.95. The molecule has 1 saturated heterocycles. The first-order valence-corrected chi connectivity index (χ1v) is 7.72. The summed E-state index contributed by atoms with van der Waals surface area (Å²) in [5, 5.41) is 4.18. The van der Waals surface area contributed by atoms with Crippen molar-refractivity contribution in [2.45, 2.75) is 51.2 Å². The molecule has 0 spiro atoms. The molecule has 19 heavy (non-hydrogen) atoms. The third-order valence-electron chi connectivity index (χ3n) is 4.17. The van der Waals surface area contributed by atoms with E-state index in [0.29, 0.717) is 12.1 Å². The molecule has 1 heterocycles. The molecule has 2 rings (SSSR count). The number of halogens is 1. The quantitative estimate of drug-likeness (QED) is 0.885. The molecule has 3 heteroatoms. The third-order valence-corrected chi connectivity index (χ3v) is 4.42. The number of hydrogen-bond acceptors (Lipinski definition) is 2. The van der Waals surface area contributed by atoms with Crippen LogP contribution in [0, 0.1) is 0 Å². The molecule has 0 radical (unpaired) electrons. The van der Waals surface area contributed by atoms with Crippen LogP contribution in [-0.2, 0) is 6.54 Å². The minimum atomic E-state index is 0.593. The van der Waals surface area contributed by atoms with Gasteiger partial charge >= 0.3 is 0 Å². The zero-order chi connectivity index (χ0) is 13.7. The summed E-state index contributed by atoms with van der Waals surface area (Å²) in [6, 6.07) is 9.59. The fraction of sp³-hybridized carbons (Fsp3) is 0.625. The predicted octanol–water partition coefficient (Wildman–Crippen LogP) is 3.69. The first kappa shape index (κ1) is 14.8. The largest absolute Gasteiger partial charge is 0.317 e. The minimum Gasteiger partial charge on any atom is -0.317 e. The molecule has 0 aromatic heterocycles. The van der Waals surface area contributed by atoms with E-state index in [1.807, 2.05) is 12.1 Å². The highest BCUT2D eigenvalue weighted by atomic mass is 35.5. The van der Waals surface area contributed by atoms with Crippen molar-refractivity contribution in [3.8, 4) is 0 Å². The zero-order valence-electron chi connectivity index (χ0n) is 12.0. The molecule has 106 valence electrons. The van der Waals surface area contributed by atoms with Crippen LogP contribution in [0.1, 0.15) is 38.2 Å². The Morgan fingerprint density at radius 2 is 2.05 bits per heavy atom. The standard InChI is InChI=1S/C16H25ClN2/c1-13(18-2)11-16-5-3-4-10-19(16)12-14-6-8-15(17)9-7-14/h6-9,13,16,18H,3-5,10-12H2,1-2H3. The van der Waals surface area contributed by atoms with Crippen molar-refractivity contribution in [1.82, 2.24) is 10.2 Å². The van der Waals surface area contributed by atoms with Crippen LogP contribution in [-0.4, -0.2) is 30.6 Å². The summed E-state index contributed by atoms with van der Waals surface area (Å²) in [5.74, 6) is 0. The summed E-state index contributed by atoms with van der Waals surface area (Å²) in [7, 11) is 2.05. The molecule has 1 aromatic carbocycles.